The van der Waals surface area contributed by atoms with Crippen molar-refractivity contribution >= 4 is 21.9 Å². The van der Waals surface area contributed by atoms with E-state index in [1.54, 1.807) is 0 Å². The predicted octanol–water partition coefficient (Wildman–Crippen LogP) is 8.80. The number of rotatable bonds is 15. The van der Waals surface area contributed by atoms with E-state index in [0.717, 1.165) is 56.7 Å². The number of esters is 1. The quantitative estimate of drug-likeness (QED) is 0.133. The van der Waals surface area contributed by atoms with Crippen LogP contribution in [0.3, 0.4) is 0 Å². The van der Waals surface area contributed by atoms with Crippen molar-refractivity contribution in [1.82, 2.24) is 0 Å². The molecule has 170 valence electrons. The highest BCUT2D eigenvalue weighted by atomic mass is 79.9. The summed E-state index contributed by atoms with van der Waals surface area (Å²) in [6.45, 7) is 12.8. The fourth-order valence-electron chi connectivity index (χ4n) is 2.95. The van der Waals surface area contributed by atoms with E-state index in [-0.39, 0.29) is 5.97 Å². The smallest absolute Gasteiger partial charge is 0.302 e. The lowest BCUT2D eigenvalue weighted by Crippen LogP contribution is -1.98. The van der Waals surface area contributed by atoms with Crippen molar-refractivity contribution in [3.63, 3.8) is 0 Å². The predicted molar refractivity (Wildman–Crippen MR) is 136 cm³/mol. The van der Waals surface area contributed by atoms with Gasteiger partial charge in [0.05, 0.1) is 0 Å². The Bertz CT molecular complexity index is 648. The number of alkyl halides is 1. The average molecular weight is 480 g/mol. The highest BCUT2D eigenvalue weighted by molar-refractivity contribution is 9.09. The molecule has 0 aromatic carbocycles. The highest BCUT2D eigenvalue weighted by Crippen LogP contribution is 2.15. The van der Waals surface area contributed by atoms with E-state index < -0.39 is 0 Å². The molecule has 0 radical (unpaired) electrons. The van der Waals surface area contributed by atoms with Crippen molar-refractivity contribution in [3.05, 3.63) is 58.2 Å². The second kappa shape index (κ2) is 18.4. The zero-order valence-electron chi connectivity index (χ0n) is 20.2. The Morgan fingerprint density at radius 1 is 0.600 bits per heavy atom. The maximum absolute atomic E-state index is 10.8. The summed E-state index contributed by atoms with van der Waals surface area (Å²) >= 11 is 3.49. The van der Waals surface area contributed by atoms with Gasteiger partial charge in [0.25, 0.3) is 0 Å². The number of halogens is 1. The van der Waals surface area contributed by atoms with Gasteiger partial charge in [0, 0.05) is 12.3 Å². The highest BCUT2D eigenvalue weighted by Gasteiger charge is 1.95. The number of ether oxygens (including phenoxy) is 1. The minimum atomic E-state index is -0.224. The van der Waals surface area contributed by atoms with Crippen LogP contribution in [0.2, 0.25) is 0 Å². The Morgan fingerprint density at radius 3 is 1.27 bits per heavy atom. The molecule has 0 rings (SSSR count). The molecule has 0 saturated heterocycles. The molecule has 0 amide bonds. The molecule has 2 nitrogen and oxygen atoms in total. The van der Waals surface area contributed by atoms with Crippen molar-refractivity contribution in [2.75, 3.05) is 11.9 Å². The number of hydrogen-bond donors (Lipinski definition) is 0. The lowest BCUT2D eigenvalue weighted by Gasteiger charge is -2.03. The third-order valence-electron chi connectivity index (χ3n) is 5.06. The largest absolute Gasteiger partial charge is 0.462 e. The van der Waals surface area contributed by atoms with E-state index >= 15 is 0 Å². The summed E-state index contributed by atoms with van der Waals surface area (Å²) in [6.07, 6.45) is 20.4. The summed E-state index contributed by atoms with van der Waals surface area (Å²) < 4.78 is 4.94. The van der Waals surface area contributed by atoms with Gasteiger partial charge in [0.1, 0.15) is 6.61 Å². The van der Waals surface area contributed by atoms with Crippen molar-refractivity contribution < 1.29 is 9.53 Å². The Hall–Kier alpha value is -1.35. The molecule has 0 aromatic heterocycles. The van der Waals surface area contributed by atoms with Crippen molar-refractivity contribution in [1.29, 1.82) is 0 Å². The summed E-state index contributed by atoms with van der Waals surface area (Å²) in [4.78, 5) is 10.8. The zero-order valence-corrected chi connectivity index (χ0v) is 21.7. The Balaban J connectivity index is 4.07. The molecule has 0 unspecified atom stereocenters. The van der Waals surface area contributed by atoms with Gasteiger partial charge in [0.15, 0.2) is 0 Å². The second-order valence-corrected chi connectivity index (χ2v) is 8.90. The molecule has 0 aliphatic heterocycles. The van der Waals surface area contributed by atoms with Gasteiger partial charge in [-0.25, -0.2) is 0 Å². The van der Waals surface area contributed by atoms with Crippen molar-refractivity contribution in [3.8, 4) is 0 Å². The number of hydrogen-bond acceptors (Lipinski definition) is 2. The van der Waals surface area contributed by atoms with Crippen LogP contribution in [0.4, 0.5) is 0 Å². The topological polar surface area (TPSA) is 26.3 Å². The van der Waals surface area contributed by atoms with E-state index in [2.05, 4.69) is 74.9 Å². The van der Waals surface area contributed by atoms with E-state index in [9.17, 15) is 4.79 Å². The van der Waals surface area contributed by atoms with Gasteiger partial charge in [-0.05, 0) is 92.1 Å². The van der Waals surface area contributed by atoms with Gasteiger partial charge >= 0.3 is 5.97 Å². The molecule has 0 atom stereocenters. The lowest BCUT2D eigenvalue weighted by molar-refractivity contribution is -0.139. The molecule has 0 saturated carbocycles. The van der Waals surface area contributed by atoms with Gasteiger partial charge in [-0.15, -0.1) is 0 Å². The van der Waals surface area contributed by atoms with Gasteiger partial charge in [0.2, 0.25) is 0 Å². The first-order chi connectivity index (χ1) is 14.2. The zero-order chi connectivity index (χ0) is 22.8. The summed E-state index contributed by atoms with van der Waals surface area (Å²) in [6, 6.07) is 0. The third-order valence-corrected chi connectivity index (χ3v) is 5.94. The van der Waals surface area contributed by atoms with Crippen LogP contribution in [-0.4, -0.2) is 17.9 Å². The molecule has 0 spiro atoms. The molecule has 0 aliphatic rings. The normalized spacial score (nSPS) is 14.3. The maximum atomic E-state index is 10.8. The van der Waals surface area contributed by atoms with Crippen LogP contribution in [0.15, 0.2) is 58.2 Å². The van der Waals surface area contributed by atoms with Crippen LogP contribution in [0.25, 0.3) is 0 Å². The Labute approximate surface area is 194 Å². The molecule has 30 heavy (non-hydrogen) atoms. The van der Waals surface area contributed by atoms with Crippen molar-refractivity contribution in [2.45, 2.75) is 92.9 Å². The SMILES string of the molecule is CC(=O)OC/C=C(\C)CC/C=C(\C)CC/C=C(\C)CC/C=C(\C)CC/C=C(\C)CBr. The Morgan fingerprint density at radius 2 is 0.933 bits per heavy atom. The molecular weight excluding hydrogens is 436 g/mol. The van der Waals surface area contributed by atoms with Gasteiger partial charge in [-0.2, -0.15) is 0 Å². The molecular formula is C27H43BrO2. The van der Waals surface area contributed by atoms with Crippen LogP contribution in [-0.2, 0) is 9.53 Å². The molecule has 0 bridgehead atoms. The summed E-state index contributed by atoms with van der Waals surface area (Å²) in [5, 5.41) is 0.975. The van der Waals surface area contributed by atoms with Crippen LogP contribution >= 0.6 is 15.9 Å². The van der Waals surface area contributed by atoms with E-state index in [1.807, 2.05) is 6.08 Å². The van der Waals surface area contributed by atoms with Crippen LogP contribution < -0.4 is 0 Å². The third kappa shape index (κ3) is 18.7. The molecule has 0 fully saturated rings. The minimum Gasteiger partial charge on any atom is -0.462 e. The van der Waals surface area contributed by atoms with Gasteiger partial charge in [-0.3, -0.25) is 4.79 Å². The maximum Gasteiger partial charge on any atom is 0.302 e. The van der Waals surface area contributed by atoms with Gasteiger partial charge in [-0.1, -0.05) is 68.1 Å². The Kier molecular flexibility index (Phi) is 17.6. The summed E-state index contributed by atoms with van der Waals surface area (Å²) in [5.41, 5.74) is 7.13. The molecule has 3 heteroatoms. The number of allylic oxidation sites excluding steroid dienone is 9. The first kappa shape index (κ1) is 28.6. The van der Waals surface area contributed by atoms with Crippen molar-refractivity contribution in [2.24, 2.45) is 0 Å². The summed E-state index contributed by atoms with van der Waals surface area (Å²) in [7, 11) is 0. The fourth-order valence-corrected chi connectivity index (χ4v) is 3.18. The fraction of sp³-hybridized carbons (Fsp3) is 0.593. The summed E-state index contributed by atoms with van der Waals surface area (Å²) in [5.74, 6) is -0.224. The molecule has 0 heterocycles. The molecule has 0 aromatic rings. The lowest BCUT2D eigenvalue weighted by atomic mass is 10.0. The second-order valence-electron chi connectivity index (χ2n) is 8.34. The number of carbonyl (C=O) groups is 1. The van der Waals surface area contributed by atoms with E-state index in [4.69, 9.17) is 4.74 Å². The van der Waals surface area contributed by atoms with E-state index in [1.165, 1.54) is 34.8 Å². The first-order valence-corrected chi connectivity index (χ1v) is 12.3. The van der Waals surface area contributed by atoms with E-state index in [0.29, 0.717) is 6.61 Å². The number of carbonyl (C=O) groups excluding carboxylic acids is 1. The standard InChI is InChI=1S/C27H43BrO2/c1-22(12-8-14-24(3)16-10-18-26(5)21-28)11-7-13-23(2)15-9-17-25(4)19-20-30-27(6)29/h11,14-15,18-19H,7-10,12-13,16-17,20-21H2,1-6H3/b22-11+,23-15+,24-14+,25-19+,26-18+. The molecule has 0 N–H and O–H groups in total. The minimum absolute atomic E-state index is 0.224. The van der Waals surface area contributed by atoms with Crippen LogP contribution in [0.5, 0.6) is 0 Å². The van der Waals surface area contributed by atoms with Crippen LogP contribution in [0, 0.1) is 0 Å². The van der Waals surface area contributed by atoms with Crippen LogP contribution in [0.1, 0.15) is 92.9 Å². The van der Waals surface area contributed by atoms with Gasteiger partial charge < -0.3 is 4.74 Å². The first-order valence-electron chi connectivity index (χ1n) is 11.2. The monoisotopic (exact) mass is 478 g/mol. The average Bonchev–Trinajstić information content (AvgIpc) is 2.67. The molecule has 0 aliphatic carbocycles.